The largest absolute Gasteiger partial charge is 0.374 e. The number of benzene rings is 1. The van der Waals surface area contributed by atoms with Gasteiger partial charge in [-0.1, -0.05) is 11.6 Å². The summed E-state index contributed by atoms with van der Waals surface area (Å²) in [5.41, 5.74) is 2.45. The molecule has 1 saturated heterocycles. The standard InChI is InChI=1S/C14H16ClN3O/c1-17-4-6-18(7-5-17)9-12-11-8-10(15)2-3-13(11)16-14(12)19/h2-3,8-9H,4-7H2,1H3,(H,16,19)/b12-9+. The molecule has 1 aromatic rings. The fourth-order valence-corrected chi connectivity index (χ4v) is 2.59. The average molecular weight is 278 g/mol. The first kappa shape index (κ1) is 12.5. The maximum atomic E-state index is 12.0. The number of hydrogen-bond acceptors (Lipinski definition) is 3. The van der Waals surface area contributed by atoms with Gasteiger partial charge in [-0.25, -0.2) is 0 Å². The molecule has 0 bridgehead atoms. The molecule has 1 fully saturated rings. The maximum Gasteiger partial charge on any atom is 0.257 e. The summed E-state index contributed by atoms with van der Waals surface area (Å²) >= 11 is 6.01. The molecule has 2 aliphatic rings. The van der Waals surface area contributed by atoms with Crippen molar-refractivity contribution in [1.82, 2.24) is 9.80 Å². The van der Waals surface area contributed by atoms with E-state index in [1.165, 1.54) is 0 Å². The summed E-state index contributed by atoms with van der Waals surface area (Å²) in [5.74, 6) is -0.0452. The van der Waals surface area contributed by atoms with Gasteiger partial charge < -0.3 is 15.1 Å². The Balaban J connectivity index is 1.89. The van der Waals surface area contributed by atoms with E-state index in [1.54, 1.807) is 6.07 Å². The molecule has 0 saturated carbocycles. The summed E-state index contributed by atoms with van der Waals surface area (Å²) in [5, 5.41) is 3.52. The van der Waals surface area contributed by atoms with Crippen LogP contribution in [0.25, 0.3) is 5.57 Å². The van der Waals surface area contributed by atoms with Gasteiger partial charge in [-0.2, -0.15) is 0 Å². The Bertz CT molecular complexity index is 548. The number of nitrogens with zero attached hydrogens (tertiary/aromatic N) is 2. The summed E-state index contributed by atoms with van der Waals surface area (Å²) in [6, 6.07) is 5.48. The molecule has 19 heavy (non-hydrogen) atoms. The van der Waals surface area contributed by atoms with Crippen LogP contribution < -0.4 is 5.32 Å². The van der Waals surface area contributed by atoms with Gasteiger partial charge in [-0.3, -0.25) is 4.79 Å². The highest BCUT2D eigenvalue weighted by molar-refractivity contribution is 6.34. The summed E-state index contributed by atoms with van der Waals surface area (Å²) in [4.78, 5) is 16.5. The highest BCUT2D eigenvalue weighted by atomic mass is 35.5. The van der Waals surface area contributed by atoms with Crippen molar-refractivity contribution in [1.29, 1.82) is 0 Å². The summed E-state index contributed by atoms with van der Waals surface area (Å²) in [6.07, 6.45) is 1.96. The quantitative estimate of drug-likeness (QED) is 0.796. The highest BCUT2D eigenvalue weighted by Gasteiger charge is 2.25. The molecule has 0 aliphatic carbocycles. The van der Waals surface area contributed by atoms with Crippen molar-refractivity contribution >= 4 is 28.8 Å². The molecule has 0 aromatic heterocycles. The molecule has 2 heterocycles. The Labute approximate surface area is 117 Å². The van der Waals surface area contributed by atoms with Crippen molar-refractivity contribution in [2.45, 2.75) is 0 Å². The van der Waals surface area contributed by atoms with Crippen molar-refractivity contribution in [2.75, 3.05) is 38.5 Å². The number of amides is 1. The van der Waals surface area contributed by atoms with Gasteiger partial charge in [0.1, 0.15) is 0 Å². The number of carbonyl (C=O) groups is 1. The minimum atomic E-state index is -0.0452. The van der Waals surface area contributed by atoms with Crippen LogP contribution in [0, 0.1) is 0 Å². The first-order valence-electron chi connectivity index (χ1n) is 6.39. The second-order valence-electron chi connectivity index (χ2n) is 5.03. The maximum absolute atomic E-state index is 12.0. The second kappa shape index (κ2) is 4.87. The van der Waals surface area contributed by atoms with Crippen LogP contribution in [0.15, 0.2) is 24.4 Å². The number of hydrogen-bond donors (Lipinski definition) is 1. The van der Waals surface area contributed by atoms with E-state index < -0.39 is 0 Å². The van der Waals surface area contributed by atoms with Gasteiger partial charge in [0.15, 0.2) is 0 Å². The van der Waals surface area contributed by atoms with E-state index in [0.29, 0.717) is 10.6 Å². The number of halogens is 1. The molecule has 1 aromatic carbocycles. The number of anilines is 1. The van der Waals surface area contributed by atoms with Crippen LogP contribution in [0.2, 0.25) is 5.02 Å². The highest BCUT2D eigenvalue weighted by Crippen LogP contribution is 2.33. The Morgan fingerprint density at radius 3 is 2.74 bits per heavy atom. The van der Waals surface area contributed by atoms with E-state index in [0.717, 1.165) is 37.4 Å². The molecule has 0 spiro atoms. The fourth-order valence-electron chi connectivity index (χ4n) is 2.42. The van der Waals surface area contributed by atoms with Gasteiger partial charge in [0, 0.05) is 48.7 Å². The second-order valence-corrected chi connectivity index (χ2v) is 5.46. The summed E-state index contributed by atoms with van der Waals surface area (Å²) in [6.45, 7) is 3.94. The lowest BCUT2D eigenvalue weighted by Gasteiger charge is -2.31. The summed E-state index contributed by atoms with van der Waals surface area (Å²) in [7, 11) is 2.11. The monoisotopic (exact) mass is 277 g/mol. The van der Waals surface area contributed by atoms with Crippen molar-refractivity contribution in [3.05, 3.63) is 35.0 Å². The molecule has 0 radical (unpaired) electrons. The lowest BCUT2D eigenvalue weighted by molar-refractivity contribution is -0.110. The molecule has 5 heteroatoms. The smallest absolute Gasteiger partial charge is 0.257 e. The minimum absolute atomic E-state index is 0.0452. The van der Waals surface area contributed by atoms with Gasteiger partial charge in [-0.15, -0.1) is 0 Å². The number of carbonyl (C=O) groups excluding carboxylic acids is 1. The van der Waals surface area contributed by atoms with Crippen molar-refractivity contribution in [2.24, 2.45) is 0 Å². The molecule has 0 unspecified atom stereocenters. The van der Waals surface area contributed by atoms with Gasteiger partial charge in [0.25, 0.3) is 5.91 Å². The molecular weight excluding hydrogens is 262 g/mol. The molecule has 2 aliphatic heterocycles. The third-order valence-electron chi connectivity index (χ3n) is 3.61. The average Bonchev–Trinajstić information content (AvgIpc) is 2.69. The van der Waals surface area contributed by atoms with Crippen LogP contribution in [-0.2, 0) is 4.79 Å². The molecule has 1 N–H and O–H groups in total. The van der Waals surface area contributed by atoms with Crippen LogP contribution in [-0.4, -0.2) is 48.9 Å². The number of nitrogens with one attached hydrogen (secondary N) is 1. The fraction of sp³-hybridized carbons (Fsp3) is 0.357. The lowest BCUT2D eigenvalue weighted by atomic mass is 10.1. The molecular formula is C14H16ClN3O. The number of rotatable bonds is 1. The summed E-state index contributed by atoms with van der Waals surface area (Å²) < 4.78 is 0. The van der Waals surface area contributed by atoms with E-state index in [-0.39, 0.29) is 5.91 Å². The Kier molecular flexibility index (Phi) is 3.21. The predicted octanol–water partition coefficient (Wildman–Crippen LogP) is 1.88. The van der Waals surface area contributed by atoms with Gasteiger partial charge in [-0.05, 0) is 25.2 Å². The van der Waals surface area contributed by atoms with Gasteiger partial charge >= 0.3 is 0 Å². The minimum Gasteiger partial charge on any atom is -0.374 e. The van der Waals surface area contributed by atoms with Crippen LogP contribution in [0.1, 0.15) is 5.56 Å². The van der Waals surface area contributed by atoms with E-state index in [4.69, 9.17) is 11.6 Å². The van der Waals surface area contributed by atoms with Crippen LogP contribution in [0.3, 0.4) is 0 Å². The Morgan fingerprint density at radius 1 is 1.26 bits per heavy atom. The molecule has 100 valence electrons. The molecule has 1 amide bonds. The Morgan fingerprint density at radius 2 is 2.00 bits per heavy atom. The zero-order valence-corrected chi connectivity index (χ0v) is 11.6. The Hall–Kier alpha value is -1.52. The number of likely N-dealkylation sites (N-methyl/N-ethyl adjacent to an activating group) is 1. The predicted molar refractivity (Wildman–Crippen MR) is 77.1 cm³/mol. The van der Waals surface area contributed by atoms with Crippen LogP contribution in [0.5, 0.6) is 0 Å². The normalized spacial score (nSPS) is 21.7. The van der Waals surface area contributed by atoms with E-state index >= 15 is 0 Å². The van der Waals surface area contributed by atoms with E-state index in [2.05, 4.69) is 22.2 Å². The number of fused-ring (bicyclic) bond motifs is 1. The number of piperazine rings is 1. The SMILES string of the molecule is CN1CCN(/C=C2/C(=O)Nc3ccc(Cl)cc32)CC1. The van der Waals surface area contributed by atoms with Crippen molar-refractivity contribution < 1.29 is 4.79 Å². The first-order chi connectivity index (χ1) is 9.13. The van der Waals surface area contributed by atoms with Gasteiger partial charge in [0.2, 0.25) is 0 Å². The topological polar surface area (TPSA) is 35.6 Å². The molecule has 4 nitrogen and oxygen atoms in total. The lowest BCUT2D eigenvalue weighted by Crippen LogP contribution is -2.42. The molecule has 3 rings (SSSR count). The molecule has 0 atom stereocenters. The zero-order valence-electron chi connectivity index (χ0n) is 10.8. The van der Waals surface area contributed by atoms with Crippen molar-refractivity contribution in [3.8, 4) is 0 Å². The zero-order chi connectivity index (χ0) is 13.4. The van der Waals surface area contributed by atoms with Gasteiger partial charge in [0.05, 0.1) is 5.57 Å². The third kappa shape index (κ3) is 2.46. The van der Waals surface area contributed by atoms with Crippen LogP contribution >= 0.6 is 11.6 Å². The first-order valence-corrected chi connectivity index (χ1v) is 6.77. The van der Waals surface area contributed by atoms with Crippen molar-refractivity contribution in [3.63, 3.8) is 0 Å². The van der Waals surface area contributed by atoms with E-state index in [9.17, 15) is 4.79 Å². The van der Waals surface area contributed by atoms with Crippen LogP contribution in [0.4, 0.5) is 5.69 Å². The van der Waals surface area contributed by atoms with E-state index in [1.807, 2.05) is 18.3 Å². The third-order valence-corrected chi connectivity index (χ3v) is 3.85.